The molecule has 0 aliphatic heterocycles. The third-order valence-electron chi connectivity index (χ3n) is 3.03. The summed E-state index contributed by atoms with van der Waals surface area (Å²) >= 11 is 0. The molecular weight excluding hydrogens is 234 g/mol. The van der Waals surface area contributed by atoms with E-state index in [9.17, 15) is 0 Å². The molecule has 2 rings (SSSR count). The molecule has 0 saturated heterocycles. The van der Waals surface area contributed by atoms with Gasteiger partial charge < -0.3 is 10.2 Å². The highest BCUT2D eigenvalue weighted by molar-refractivity contribution is 5.61. The van der Waals surface area contributed by atoms with Crippen LogP contribution in [0.5, 0.6) is 0 Å². The van der Waals surface area contributed by atoms with Crippen LogP contribution in [0.1, 0.15) is 19.4 Å². The minimum Gasteiger partial charge on any atom is -0.370 e. The van der Waals surface area contributed by atoms with Gasteiger partial charge in [-0.05, 0) is 45.0 Å². The van der Waals surface area contributed by atoms with Crippen LogP contribution in [0.4, 0.5) is 17.3 Å². The number of rotatable bonds is 5. The van der Waals surface area contributed by atoms with Crippen molar-refractivity contribution in [1.82, 2.24) is 4.98 Å². The van der Waals surface area contributed by atoms with Crippen LogP contribution in [-0.2, 0) is 0 Å². The topological polar surface area (TPSA) is 28.2 Å². The summed E-state index contributed by atoms with van der Waals surface area (Å²) in [6.07, 6.45) is 0. The summed E-state index contributed by atoms with van der Waals surface area (Å²) in [5.41, 5.74) is 2.45. The molecular formula is C16H21N3. The van der Waals surface area contributed by atoms with Crippen LogP contribution < -0.4 is 10.2 Å². The van der Waals surface area contributed by atoms with Crippen LogP contribution >= 0.6 is 0 Å². The fraction of sp³-hybridized carbons (Fsp3) is 0.312. The highest BCUT2D eigenvalue weighted by Crippen LogP contribution is 2.24. The van der Waals surface area contributed by atoms with Gasteiger partial charge >= 0.3 is 0 Å². The Bertz CT molecular complexity index is 520. The Morgan fingerprint density at radius 1 is 1.05 bits per heavy atom. The van der Waals surface area contributed by atoms with E-state index in [1.165, 1.54) is 11.3 Å². The molecule has 0 aliphatic rings. The Morgan fingerprint density at radius 2 is 1.79 bits per heavy atom. The molecule has 1 N–H and O–H groups in total. The lowest BCUT2D eigenvalue weighted by molar-refractivity contribution is 0.986. The third kappa shape index (κ3) is 3.25. The number of hydrogen-bond acceptors (Lipinski definition) is 3. The van der Waals surface area contributed by atoms with Gasteiger partial charge in [-0.25, -0.2) is 4.98 Å². The number of anilines is 3. The molecule has 0 fully saturated rings. The number of aromatic nitrogens is 1. The summed E-state index contributed by atoms with van der Waals surface area (Å²) in [6, 6.07) is 14.6. The largest absolute Gasteiger partial charge is 0.370 e. The average Bonchev–Trinajstić information content (AvgIpc) is 2.43. The SMILES string of the molecule is CCNc1cccc(N(CC)c2ccc(C)cc2)n1. The molecule has 19 heavy (non-hydrogen) atoms. The summed E-state index contributed by atoms with van der Waals surface area (Å²) in [6.45, 7) is 8.09. The van der Waals surface area contributed by atoms with E-state index in [0.717, 1.165) is 24.7 Å². The second kappa shape index (κ2) is 6.23. The van der Waals surface area contributed by atoms with Crippen molar-refractivity contribution in [2.24, 2.45) is 0 Å². The van der Waals surface area contributed by atoms with Gasteiger partial charge in [0.25, 0.3) is 0 Å². The molecule has 0 spiro atoms. The second-order valence-corrected chi connectivity index (χ2v) is 4.49. The number of benzene rings is 1. The van der Waals surface area contributed by atoms with Crippen LogP contribution in [0.25, 0.3) is 0 Å². The predicted molar refractivity (Wildman–Crippen MR) is 82.3 cm³/mol. The number of aryl methyl sites for hydroxylation is 1. The average molecular weight is 255 g/mol. The minimum absolute atomic E-state index is 0.882. The van der Waals surface area contributed by atoms with Crippen LogP contribution in [0.15, 0.2) is 42.5 Å². The Hall–Kier alpha value is -2.03. The van der Waals surface area contributed by atoms with Crippen LogP contribution in [0.3, 0.4) is 0 Å². The first kappa shape index (κ1) is 13.4. The zero-order valence-electron chi connectivity index (χ0n) is 11.9. The van der Waals surface area contributed by atoms with Crippen molar-refractivity contribution in [2.75, 3.05) is 23.3 Å². The number of nitrogens with one attached hydrogen (secondary N) is 1. The van der Waals surface area contributed by atoms with E-state index in [1.54, 1.807) is 0 Å². The smallest absolute Gasteiger partial charge is 0.135 e. The van der Waals surface area contributed by atoms with Crippen molar-refractivity contribution < 1.29 is 0 Å². The van der Waals surface area contributed by atoms with Gasteiger partial charge in [-0.1, -0.05) is 23.8 Å². The normalized spacial score (nSPS) is 10.3. The zero-order chi connectivity index (χ0) is 13.7. The Kier molecular flexibility index (Phi) is 4.39. The standard InChI is InChI=1S/C16H21N3/c1-4-17-15-7-6-8-16(18-15)19(5-2)14-11-9-13(3)10-12-14/h6-12H,4-5H2,1-3H3,(H,17,18). The highest BCUT2D eigenvalue weighted by atomic mass is 15.2. The molecule has 0 bridgehead atoms. The van der Waals surface area contributed by atoms with E-state index in [4.69, 9.17) is 0 Å². The minimum atomic E-state index is 0.882. The molecule has 2 aromatic rings. The van der Waals surface area contributed by atoms with Gasteiger partial charge in [-0.15, -0.1) is 0 Å². The van der Waals surface area contributed by atoms with Crippen LogP contribution in [0.2, 0.25) is 0 Å². The van der Waals surface area contributed by atoms with Gasteiger partial charge in [0.15, 0.2) is 0 Å². The zero-order valence-corrected chi connectivity index (χ0v) is 11.9. The van der Waals surface area contributed by atoms with E-state index < -0.39 is 0 Å². The lowest BCUT2D eigenvalue weighted by atomic mass is 10.2. The first-order valence-electron chi connectivity index (χ1n) is 6.79. The maximum atomic E-state index is 4.65. The van der Waals surface area contributed by atoms with Gasteiger partial charge in [0.1, 0.15) is 11.6 Å². The molecule has 0 radical (unpaired) electrons. The van der Waals surface area contributed by atoms with E-state index in [0.29, 0.717) is 0 Å². The van der Waals surface area contributed by atoms with Crippen LogP contribution in [-0.4, -0.2) is 18.1 Å². The Labute approximate surface area is 115 Å². The van der Waals surface area contributed by atoms with E-state index in [2.05, 4.69) is 60.2 Å². The third-order valence-corrected chi connectivity index (χ3v) is 3.03. The van der Waals surface area contributed by atoms with E-state index >= 15 is 0 Å². The molecule has 3 nitrogen and oxygen atoms in total. The molecule has 0 saturated carbocycles. The van der Waals surface area contributed by atoms with Crippen molar-refractivity contribution in [3.63, 3.8) is 0 Å². The van der Waals surface area contributed by atoms with Crippen LogP contribution in [0, 0.1) is 6.92 Å². The molecule has 100 valence electrons. The van der Waals surface area contributed by atoms with Gasteiger partial charge in [0.05, 0.1) is 0 Å². The summed E-state index contributed by atoms with van der Waals surface area (Å²) in [5, 5.41) is 3.25. The van der Waals surface area contributed by atoms with Crippen molar-refractivity contribution >= 4 is 17.3 Å². The molecule has 0 unspecified atom stereocenters. The van der Waals surface area contributed by atoms with Gasteiger partial charge in [0.2, 0.25) is 0 Å². The van der Waals surface area contributed by atoms with Crippen molar-refractivity contribution in [3.05, 3.63) is 48.0 Å². The molecule has 1 aromatic heterocycles. The lowest BCUT2D eigenvalue weighted by Gasteiger charge is -2.22. The molecule has 0 amide bonds. The lowest BCUT2D eigenvalue weighted by Crippen LogP contribution is -2.17. The maximum absolute atomic E-state index is 4.65. The van der Waals surface area contributed by atoms with Crippen molar-refractivity contribution in [3.8, 4) is 0 Å². The summed E-state index contributed by atoms with van der Waals surface area (Å²) in [4.78, 5) is 6.86. The Morgan fingerprint density at radius 3 is 2.42 bits per heavy atom. The fourth-order valence-corrected chi connectivity index (χ4v) is 2.05. The first-order valence-corrected chi connectivity index (χ1v) is 6.79. The van der Waals surface area contributed by atoms with Gasteiger partial charge in [0, 0.05) is 18.8 Å². The van der Waals surface area contributed by atoms with E-state index in [-0.39, 0.29) is 0 Å². The maximum Gasteiger partial charge on any atom is 0.135 e. The number of hydrogen-bond donors (Lipinski definition) is 1. The van der Waals surface area contributed by atoms with Crippen molar-refractivity contribution in [1.29, 1.82) is 0 Å². The fourth-order valence-electron chi connectivity index (χ4n) is 2.05. The number of nitrogens with zero attached hydrogens (tertiary/aromatic N) is 2. The molecule has 0 aliphatic carbocycles. The summed E-state index contributed by atoms with van der Waals surface area (Å²) < 4.78 is 0. The second-order valence-electron chi connectivity index (χ2n) is 4.49. The number of pyridine rings is 1. The van der Waals surface area contributed by atoms with Gasteiger partial charge in [-0.3, -0.25) is 0 Å². The highest BCUT2D eigenvalue weighted by Gasteiger charge is 2.08. The molecule has 0 atom stereocenters. The monoisotopic (exact) mass is 255 g/mol. The first-order chi connectivity index (χ1) is 9.24. The quantitative estimate of drug-likeness (QED) is 0.876. The predicted octanol–water partition coefficient (Wildman–Crippen LogP) is 3.98. The summed E-state index contributed by atoms with van der Waals surface area (Å²) in [5.74, 6) is 1.90. The van der Waals surface area contributed by atoms with E-state index in [1.807, 2.05) is 18.2 Å². The Balaban J connectivity index is 2.30. The molecule has 3 heteroatoms. The summed E-state index contributed by atoms with van der Waals surface area (Å²) in [7, 11) is 0. The van der Waals surface area contributed by atoms with Crippen molar-refractivity contribution in [2.45, 2.75) is 20.8 Å². The van der Waals surface area contributed by atoms with Gasteiger partial charge in [-0.2, -0.15) is 0 Å². The molecule has 1 heterocycles. The molecule has 1 aromatic carbocycles.